The summed E-state index contributed by atoms with van der Waals surface area (Å²) in [6.07, 6.45) is 0. The lowest BCUT2D eigenvalue weighted by Crippen LogP contribution is -1.67. The predicted octanol–water partition coefficient (Wildman–Crippen LogP) is 3.26. The molecule has 76 valence electrons. The van der Waals surface area contributed by atoms with Crippen LogP contribution in [0.1, 0.15) is 22.8 Å². The summed E-state index contributed by atoms with van der Waals surface area (Å²) < 4.78 is 0. The van der Waals surface area contributed by atoms with E-state index in [1.54, 1.807) is 0 Å². The molecule has 0 saturated carbocycles. The SMILES string of the molecule is Cc1ccc(C)[nH]1.Cc1ccc(C)[nH]1. The van der Waals surface area contributed by atoms with Crippen LogP contribution in [0.2, 0.25) is 0 Å². The Balaban J connectivity index is 0.000000140. The van der Waals surface area contributed by atoms with Gasteiger partial charge in [-0.05, 0) is 52.0 Å². The lowest BCUT2D eigenvalue weighted by atomic mass is 10.5. The number of H-pyrrole nitrogens is 2. The molecular formula is C12H18N2. The minimum Gasteiger partial charge on any atom is -0.363 e. The summed E-state index contributed by atoms with van der Waals surface area (Å²) in [5.41, 5.74) is 4.94. The number of rotatable bonds is 0. The molecule has 2 heterocycles. The minimum absolute atomic E-state index is 1.23. The van der Waals surface area contributed by atoms with Crippen LogP contribution in [-0.4, -0.2) is 9.97 Å². The molecule has 2 heteroatoms. The van der Waals surface area contributed by atoms with E-state index in [4.69, 9.17) is 0 Å². The van der Waals surface area contributed by atoms with E-state index in [9.17, 15) is 0 Å². The van der Waals surface area contributed by atoms with E-state index in [-0.39, 0.29) is 0 Å². The van der Waals surface area contributed by atoms with Crippen LogP contribution < -0.4 is 0 Å². The second kappa shape index (κ2) is 4.70. The molecule has 0 atom stereocenters. The molecule has 0 unspecified atom stereocenters. The monoisotopic (exact) mass is 190 g/mol. The van der Waals surface area contributed by atoms with Crippen LogP contribution in [0.25, 0.3) is 0 Å². The molecule has 0 aliphatic rings. The standard InChI is InChI=1S/2C6H9N/c2*1-5-3-4-6(2)7-5/h2*3-4,7H,1-2H3. The van der Waals surface area contributed by atoms with E-state index >= 15 is 0 Å². The first-order valence-electron chi connectivity index (χ1n) is 4.82. The molecule has 2 nitrogen and oxygen atoms in total. The third-order valence-corrected chi connectivity index (χ3v) is 1.96. The Labute approximate surface area is 85.4 Å². The van der Waals surface area contributed by atoms with Crippen LogP contribution in [-0.2, 0) is 0 Å². The molecule has 2 aromatic rings. The number of aryl methyl sites for hydroxylation is 4. The molecule has 2 aromatic heterocycles. The van der Waals surface area contributed by atoms with Crippen molar-refractivity contribution in [1.29, 1.82) is 0 Å². The van der Waals surface area contributed by atoms with Gasteiger partial charge in [-0.15, -0.1) is 0 Å². The second-order valence-corrected chi connectivity index (χ2v) is 3.65. The first kappa shape index (κ1) is 10.6. The van der Waals surface area contributed by atoms with Crippen molar-refractivity contribution >= 4 is 0 Å². The van der Waals surface area contributed by atoms with Crippen molar-refractivity contribution in [2.45, 2.75) is 27.7 Å². The highest BCUT2D eigenvalue weighted by atomic mass is 14.7. The van der Waals surface area contributed by atoms with Crippen LogP contribution in [0, 0.1) is 27.7 Å². The highest BCUT2D eigenvalue weighted by molar-refractivity contribution is 5.09. The summed E-state index contributed by atoms with van der Waals surface area (Å²) in [6.45, 7) is 8.19. The number of aromatic nitrogens is 2. The van der Waals surface area contributed by atoms with Crippen LogP contribution in [0.4, 0.5) is 0 Å². The van der Waals surface area contributed by atoms with Crippen molar-refractivity contribution in [2.24, 2.45) is 0 Å². The Morgan fingerprint density at radius 1 is 0.571 bits per heavy atom. The normalized spacial score (nSPS) is 9.43. The van der Waals surface area contributed by atoms with Crippen molar-refractivity contribution in [3.05, 3.63) is 47.0 Å². The van der Waals surface area contributed by atoms with Gasteiger partial charge in [-0.25, -0.2) is 0 Å². The van der Waals surface area contributed by atoms with Crippen molar-refractivity contribution in [3.63, 3.8) is 0 Å². The van der Waals surface area contributed by atoms with Crippen molar-refractivity contribution in [2.75, 3.05) is 0 Å². The molecule has 0 aliphatic heterocycles. The topological polar surface area (TPSA) is 31.6 Å². The molecule has 0 aliphatic carbocycles. The van der Waals surface area contributed by atoms with Crippen molar-refractivity contribution in [3.8, 4) is 0 Å². The summed E-state index contributed by atoms with van der Waals surface area (Å²) in [7, 11) is 0. The maximum atomic E-state index is 3.14. The molecule has 2 N–H and O–H groups in total. The predicted molar refractivity (Wildman–Crippen MR) is 60.5 cm³/mol. The zero-order chi connectivity index (χ0) is 10.6. The molecule has 14 heavy (non-hydrogen) atoms. The Kier molecular flexibility index (Phi) is 3.57. The highest BCUT2D eigenvalue weighted by Crippen LogP contribution is 1.96. The van der Waals surface area contributed by atoms with Gasteiger partial charge in [0.15, 0.2) is 0 Å². The average molecular weight is 190 g/mol. The first-order valence-corrected chi connectivity index (χ1v) is 4.82. The molecule has 0 aromatic carbocycles. The van der Waals surface area contributed by atoms with Crippen LogP contribution in [0.5, 0.6) is 0 Å². The van der Waals surface area contributed by atoms with Gasteiger partial charge in [-0.2, -0.15) is 0 Å². The average Bonchev–Trinajstić information content (AvgIpc) is 2.63. The molecule has 0 spiro atoms. The molecule has 0 fully saturated rings. The molecule has 0 bridgehead atoms. The van der Waals surface area contributed by atoms with E-state index in [0.717, 1.165) is 0 Å². The van der Waals surface area contributed by atoms with Gasteiger partial charge in [0.05, 0.1) is 0 Å². The zero-order valence-electron chi connectivity index (χ0n) is 9.31. The van der Waals surface area contributed by atoms with E-state index in [0.29, 0.717) is 0 Å². The summed E-state index contributed by atoms with van der Waals surface area (Å²) in [5.74, 6) is 0. The third-order valence-electron chi connectivity index (χ3n) is 1.96. The van der Waals surface area contributed by atoms with Gasteiger partial charge in [-0.1, -0.05) is 0 Å². The molecule has 2 rings (SSSR count). The largest absolute Gasteiger partial charge is 0.363 e. The van der Waals surface area contributed by atoms with Gasteiger partial charge in [0, 0.05) is 22.8 Å². The fraction of sp³-hybridized carbons (Fsp3) is 0.333. The van der Waals surface area contributed by atoms with E-state index in [2.05, 4.69) is 34.2 Å². The highest BCUT2D eigenvalue weighted by Gasteiger charge is 1.82. The Bertz CT molecular complexity index is 311. The second-order valence-electron chi connectivity index (χ2n) is 3.65. The van der Waals surface area contributed by atoms with Gasteiger partial charge < -0.3 is 9.97 Å². The van der Waals surface area contributed by atoms with Crippen LogP contribution in [0.15, 0.2) is 24.3 Å². The Hall–Kier alpha value is -1.44. The van der Waals surface area contributed by atoms with Gasteiger partial charge in [0.2, 0.25) is 0 Å². The molecule has 0 radical (unpaired) electrons. The summed E-state index contributed by atoms with van der Waals surface area (Å²) in [5, 5.41) is 0. The summed E-state index contributed by atoms with van der Waals surface area (Å²) >= 11 is 0. The number of aromatic amines is 2. The summed E-state index contributed by atoms with van der Waals surface area (Å²) in [4.78, 5) is 6.28. The lowest BCUT2D eigenvalue weighted by molar-refractivity contribution is 1.19. The zero-order valence-corrected chi connectivity index (χ0v) is 9.31. The van der Waals surface area contributed by atoms with Gasteiger partial charge in [-0.3, -0.25) is 0 Å². The number of nitrogens with one attached hydrogen (secondary N) is 2. The van der Waals surface area contributed by atoms with E-state index in [1.807, 2.05) is 27.7 Å². The van der Waals surface area contributed by atoms with Crippen molar-refractivity contribution in [1.82, 2.24) is 9.97 Å². The lowest BCUT2D eigenvalue weighted by Gasteiger charge is -1.77. The fourth-order valence-corrected chi connectivity index (χ4v) is 1.29. The van der Waals surface area contributed by atoms with Crippen LogP contribution >= 0.6 is 0 Å². The Morgan fingerprint density at radius 2 is 0.786 bits per heavy atom. The minimum atomic E-state index is 1.23. The molecule has 0 saturated heterocycles. The van der Waals surface area contributed by atoms with E-state index < -0.39 is 0 Å². The summed E-state index contributed by atoms with van der Waals surface area (Å²) in [6, 6.07) is 8.26. The van der Waals surface area contributed by atoms with Crippen LogP contribution in [0.3, 0.4) is 0 Å². The van der Waals surface area contributed by atoms with Crippen molar-refractivity contribution < 1.29 is 0 Å². The number of hydrogen-bond acceptors (Lipinski definition) is 0. The first-order chi connectivity index (χ1) is 6.58. The van der Waals surface area contributed by atoms with Gasteiger partial charge in [0.25, 0.3) is 0 Å². The quantitative estimate of drug-likeness (QED) is 0.639. The van der Waals surface area contributed by atoms with Gasteiger partial charge >= 0.3 is 0 Å². The maximum absolute atomic E-state index is 3.14. The third kappa shape index (κ3) is 3.52. The smallest absolute Gasteiger partial charge is 0.0117 e. The molecular weight excluding hydrogens is 172 g/mol. The fourth-order valence-electron chi connectivity index (χ4n) is 1.29. The Morgan fingerprint density at radius 3 is 0.857 bits per heavy atom. The number of hydrogen-bond donors (Lipinski definition) is 2. The van der Waals surface area contributed by atoms with Gasteiger partial charge in [0.1, 0.15) is 0 Å². The molecule has 0 amide bonds. The van der Waals surface area contributed by atoms with E-state index in [1.165, 1.54) is 22.8 Å². The maximum Gasteiger partial charge on any atom is 0.0117 e.